The number of carbonyl (C=O) groups excluding carboxylic acids is 1. The molecule has 0 saturated carbocycles. The van der Waals surface area contributed by atoms with Crippen molar-refractivity contribution >= 4 is 23.8 Å². The molecule has 1 atom stereocenters. The fourth-order valence-electron chi connectivity index (χ4n) is 3.15. The lowest BCUT2D eigenvalue weighted by Gasteiger charge is -2.37. The number of benzene rings is 2. The molecule has 4 heteroatoms. The Kier molecular flexibility index (Phi) is 5.38. The molecule has 136 valence electrons. The van der Waals surface area contributed by atoms with Crippen LogP contribution in [0.25, 0.3) is 6.08 Å². The van der Waals surface area contributed by atoms with Crippen LogP contribution in [0.1, 0.15) is 43.5 Å². The van der Waals surface area contributed by atoms with E-state index in [0.29, 0.717) is 6.54 Å². The Morgan fingerprint density at radius 1 is 1.15 bits per heavy atom. The van der Waals surface area contributed by atoms with Crippen molar-refractivity contribution in [3.63, 3.8) is 0 Å². The van der Waals surface area contributed by atoms with Crippen LogP contribution < -0.4 is 0 Å². The van der Waals surface area contributed by atoms with Crippen molar-refractivity contribution in [3.05, 3.63) is 76.3 Å². The van der Waals surface area contributed by atoms with Gasteiger partial charge in [-0.05, 0) is 49.9 Å². The smallest absolute Gasteiger partial charge is 0.411 e. The van der Waals surface area contributed by atoms with Crippen molar-refractivity contribution in [2.24, 2.45) is 0 Å². The molecule has 0 bridgehead atoms. The van der Waals surface area contributed by atoms with Crippen molar-refractivity contribution in [1.82, 2.24) is 4.90 Å². The molecule has 0 aliphatic carbocycles. The fourth-order valence-corrected chi connectivity index (χ4v) is 3.43. The zero-order valence-corrected chi connectivity index (χ0v) is 16.2. The zero-order chi connectivity index (χ0) is 18.7. The molecule has 0 unspecified atom stereocenters. The van der Waals surface area contributed by atoms with E-state index in [1.165, 1.54) is 0 Å². The molecule has 0 spiro atoms. The lowest BCUT2D eigenvalue weighted by molar-refractivity contribution is 0.0185. The maximum absolute atomic E-state index is 12.8. The number of carbonyl (C=O) groups is 1. The van der Waals surface area contributed by atoms with Crippen molar-refractivity contribution in [1.29, 1.82) is 0 Å². The lowest BCUT2D eigenvalue weighted by atomic mass is 9.92. The summed E-state index contributed by atoms with van der Waals surface area (Å²) in [7, 11) is 0. The number of halogens is 1. The van der Waals surface area contributed by atoms with Gasteiger partial charge in [-0.25, -0.2) is 4.79 Å². The predicted octanol–water partition coefficient (Wildman–Crippen LogP) is 5.89. The molecule has 2 aromatic carbocycles. The summed E-state index contributed by atoms with van der Waals surface area (Å²) in [6.07, 6.45) is 4.51. The topological polar surface area (TPSA) is 29.5 Å². The van der Waals surface area contributed by atoms with Crippen LogP contribution in [0, 0.1) is 0 Å². The number of fused-ring (bicyclic) bond motifs is 1. The molecule has 0 saturated heterocycles. The van der Waals surface area contributed by atoms with Crippen molar-refractivity contribution < 1.29 is 9.53 Å². The summed E-state index contributed by atoms with van der Waals surface area (Å²) in [5.74, 6) is 0. The van der Waals surface area contributed by atoms with Gasteiger partial charge >= 0.3 is 6.09 Å². The maximum atomic E-state index is 12.8. The Labute approximate surface area is 160 Å². The highest BCUT2D eigenvalue weighted by Gasteiger charge is 2.32. The van der Waals surface area contributed by atoms with Gasteiger partial charge in [-0.3, -0.25) is 4.90 Å². The first-order valence-electron chi connectivity index (χ1n) is 8.85. The highest BCUT2D eigenvalue weighted by atomic mass is 35.5. The van der Waals surface area contributed by atoms with Crippen LogP contribution in [-0.2, 0) is 11.2 Å². The molecule has 0 fully saturated rings. The molecule has 2 aromatic rings. The summed E-state index contributed by atoms with van der Waals surface area (Å²) in [6.45, 7) is 6.23. The molecule has 3 nitrogen and oxygen atoms in total. The molecule has 1 amide bonds. The van der Waals surface area contributed by atoms with E-state index in [4.69, 9.17) is 16.3 Å². The van der Waals surface area contributed by atoms with E-state index in [-0.39, 0.29) is 12.1 Å². The molecule has 0 aromatic heterocycles. The lowest BCUT2D eigenvalue weighted by Crippen LogP contribution is -2.42. The van der Waals surface area contributed by atoms with Gasteiger partial charge in [-0.15, -0.1) is 0 Å². The van der Waals surface area contributed by atoms with Crippen LogP contribution in [0.2, 0.25) is 5.02 Å². The zero-order valence-electron chi connectivity index (χ0n) is 15.4. The van der Waals surface area contributed by atoms with E-state index >= 15 is 0 Å². The van der Waals surface area contributed by atoms with Gasteiger partial charge in [0, 0.05) is 11.6 Å². The SMILES string of the molecule is CC(C)(C)OC(=O)N1CCc2c(Cl)cccc2[C@H]1/C=C/c1ccccc1. The Morgan fingerprint density at radius 2 is 1.88 bits per heavy atom. The molecule has 0 N–H and O–H groups in total. The Bertz CT molecular complexity index is 809. The Balaban J connectivity index is 1.96. The summed E-state index contributed by atoms with van der Waals surface area (Å²) in [6, 6.07) is 15.7. The van der Waals surface area contributed by atoms with Gasteiger partial charge in [0.25, 0.3) is 0 Å². The number of rotatable bonds is 2. The Morgan fingerprint density at radius 3 is 2.58 bits per heavy atom. The number of amides is 1. The van der Waals surface area contributed by atoms with Crippen LogP contribution in [-0.4, -0.2) is 23.1 Å². The van der Waals surface area contributed by atoms with E-state index in [2.05, 4.69) is 0 Å². The second kappa shape index (κ2) is 7.55. The fraction of sp³-hybridized carbons (Fsp3) is 0.318. The van der Waals surface area contributed by atoms with E-state index in [9.17, 15) is 4.79 Å². The predicted molar refractivity (Wildman–Crippen MR) is 106 cm³/mol. The summed E-state index contributed by atoms with van der Waals surface area (Å²) >= 11 is 6.40. The first-order valence-corrected chi connectivity index (χ1v) is 9.23. The van der Waals surface area contributed by atoms with Crippen LogP contribution in [0.5, 0.6) is 0 Å². The van der Waals surface area contributed by atoms with Gasteiger partial charge < -0.3 is 4.74 Å². The van der Waals surface area contributed by atoms with E-state index in [1.54, 1.807) is 4.90 Å². The van der Waals surface area contributed by atoms with Crippen LogP contribution >= 0.6 is 11.6 Å². The second-order valence-electron chi connectivity index (χ2n) is 7.45. The Hall–Kier alpha value is -2.26. The number of hydrogen-bond acceptors (Lipinski definition) is 2. The quantitative estimate of drug-likeness (QED) is 0.660. The minimum absolute atomic E-state index is 0.201. The molecule has 3 rings (SSSR count). The minimum Gasteiger partial charge on any atom is -0.444 e. The van der Waals surface area contributed by atoms with Crippen molar-refractivity contribution in [2.75, 3.05) is 6.54 Å². The molecule has 1 heterocycles. The van der Waals surface area contributed by atoms with Crippen LogP contribution in [0.15, 0.2) is 54.6 Å². The molecule has 0 radical (unpaired) electrons. The van der Waals surface area contributed by atoms with E-state index < -0.39 is 5.60 Å². The van der Waals surface area contributed by atoms with Crippen molar-refractivity contribution in [2.45, 2.75) is 38.8 Å². The largest absolute Gasteiger partial charge is 0.444 e. The van der Waals surface area contributed by atoms with E-state index in [1.807, 2.05) is 81.5 Å². The van der Waals surface area contributed by atoms with Crippen LogP contribution in [0.3, 0.4) is 0 Å². The molecule has 1 aliphatic heterocycles. The van der Waals surface area contributed by atoms with Crippen LogP contribution in [0.4, 0.5) is 4.79 Å². The van der Waals surface area contributed by atoms with Gasteiger partial charge in [0.2, 0.25) is 0 Å². The van der Waals surface area contributed by atoms with E-state index in [0.717, 1.165) is 28.1 Å². The maximum Gasteiger partial charge on any atom is 0.411 e. The average molecular weight is 370 g/mol. The number of nitrogens with zero attached hydrogens (tertiary/aromatic N) is 1. The van der Waals surface area contributed by atoms with Gasteiger partial charge in [0.1, 0.15) is 5.60 Å². The summed E-state index contributed by atoms with van der Waals surface area (Å²) < 4.78 is 5.62. The first kappa shape index (κ1) is 18.5. The highest BCUT2D eigenvalue weighted by Crippen LogP contribution is 2.35. The third kappa shape index (κ3) is 4.28. The summed E-state index contributed by atoms with van der Waals surface area (Å²) in [4.78, 5) is 14.5. The molecular formula is C22H24ClNO2. The normalized spacial score (nSPS) is 17.2. The third-order valence-corrected chi connectivity index (χ3v) is 4.66. The summed E-state index contributed by atoms with van der Waals surface area (Å²) in [5.41, 5.74) is 2.73. The molecule has 26 heavy (non-hydrogen) atoms. The third-order valence-electron chi connectivity index (χ3n) is 4.31. The van der Waals surface area contributed by atoms with Gasteiger partial charge in [-0.1, -0.05) is 66.2 Å². The molecule has 1 aliphatic rings. The molecular weight excluding hydrogens is 346 g/mol. The standard InChI is InChI=1S/C22H24ClNO2/c1-22(2,3)26-21(25)24-15-14-17-18(10-7-11-19(17)23)20(24)13-12-16-8-5-4-6-9-16/h4-13,20H,14-15H2,1-3H3/b13-12+/t20-/m1/s1. The highest BCUT2D eigenvalue weighted by molar-refractivity contribution is 6.31. The average Bonchev–Trinajstić information content (AvgIpc) is 2.59. The first-order chi connectivity index (χ1) is 12.3. The van der Waals surface area contributed by atoms with Crippen molar-refractivity contribution in [3.8, 4) is 0 Å². The van der Waals surface area contributed by atoms with Gasteiger partial charge in [-0.2, -0.15) is 0 Å². The van der Waals surface area contributed by atoms with Gasteiger partial charge in [0.15, 0.2) is 0 Å². The summed E-state index contributed by atoms with van der Waals surface area (Å²) in [5, 5.41) is 0.754. The monoisotopic (exact) mass is 369 g/mol. The minimum atomic E-state index is -0.528. The second-order valence-corrected chi connectivity index (χ2v) is 7.85. The number of ether oxygens (including phenoxy) is 1. The number of hydrogen-bond donors (Lipinski definition) is 0. The van der Waals surface area contributed by atoms with Gasteiger partial charge in [0.05, 0.1) is 6.04 Å².